The van der Waals surface area contributed by atoms with Crippen LogP contribution in [0.15, 0.2) is 60.2 Å². The number of carbonyl (C=O) groups excluding carboxylic acids is 1. The summed E-state index contributed by atoms with van der Waals surface area (Å²) < 4.78 is 22.2. The van der Waals surface area contributed by atoms with Gasteiger partial charge in [0.1, 0.15) is 18.2 Å². The summed E-state index contributed by atoms with van der Waals surface area (Å²) in [5.41, 5.74) is 3.36. The second-order valence-electron chi connectivity index (χ2n) is 8.02. The molecule has 3 aromatic rings. The number of ether oxygens (including phenoxy) is 4. The van der Waals surface area contributed by atoms with Gasteiger partial charge >= 0.3 is 0 Å². The molecule has 0 saturated carbocycles. The molecule has 0 unspecified atom stereocenters. The highest BCUT2D eigenvalue weighted by Gasteiger charge is 2.27. The molecule has 35 heavy (non-hydrogen) atoms. The van der Waals surface area contributed by atoms with Crippen LogP contribution in [0.3, 0.4) is 0 Å². The molecule has 3 aromatic carbocycles. The fourth-order valence-corrected chi connectivity index (χ4v) is 4.43. The van der Waals surface area contributed by atoms with Crippen LogP contribution in [-0.4, -0.2) is 26.4 Å². The van der Waals surface area contributed by atoms with Gasteiger partial charge in [-0.25, -0.2) is 0 Å². The highest BCUT2D eigenvalue weighted by molar-refractivity contribution is 6.32. The first-order valence-corrected chi connectivity index (χ1v) is 11.4. The van der Waals surface area contributed by atoms with Gasteiger partial charge in [-0.05, 0) is 59.5 Å². The third-order valence-electron chi connectivity index (χ3n) is 5.87. The largest absolute Gasteiger partial charge is 0.493 e. The van der Waals surface area contributed by atoms with Crippen molar-refractivity contribution in [2.75, 3.05) is 25.3 Å². The van der Waals surface area contributed by atoms with Crippen LogP contribution in [0.4, 0.5) is 5.69 Å². The third-order valence-corrected chi connectivity index (χ3v) is 6.15. The van der Waals surface area contributed by atoms with E-state index < -0.39 is 0 Å². The Labute approximate surface area is 207 Å². The minimum absolute atomic E-state index is 0.00820. The molecule has 0 fully saturated rings. The van der Waals surface area contributed by atoms with Gasteiger partial charge in [0.25, 0.3) is 5.91 Å². The first-order chi connectivity index (χ1) is 17.1. The molecule has 0 aliphatic carbocycles. The van der Waals surface area contributed by atoms with E-state index in [2.05, 4.69) is 0 Å². The molecule has 0 spiro atoms. The Balaban J connectivity index is 1.37. The first-order valence-electron chi connectivity index (χ1n) is 11.0. The highest BCUT2D eigenvalue weighted by Crippen LogP contribution is 2.39. The number of nitrogens with zero attached hydrogens (tertiary/aromatic N) is 2. The van der Waals surface area contributed by atoms with Crippen molar-refractivity contribution in [3.63, 3.8) is 0 Å². The second-order valence-corrected chi connectivity index (χ2v) is 8.42. The number of halogens is 1. The quantitative estimate of drug-likeness (QED) is 0.352. The minimum atomic E-state index is -0.351. The number of para-hydroxylation sites is 1. The van der Waals surface area contributed by atoms with Crippen LogP contribution in [0.1, 0.15) is 16.7 Å². The number of fused-ring (bicyclic) bond motifs is 2. The van der Waals surface area contributed by atoms with Crippen molar-refractivity contribution >= 4 is 29.3 Å². The lowest BCUT2D eigenvalue weighted by atomic mass is 10.1. The first kappa shape index (κ1) is 22.6. The molecular formula is C27H21ClN2O5. The van der Waals surface area contributed by atoms with Crippen molar-refractivity contribution < 1.29 is 23.7 Å². The van der Waals surface area contributed by atoms with E-state index in [0.29, 0.717) is 40.1 Å². The Kier molecular flexibility index (Phi) is 6.21. The molecule has 0 atom stereocenters. The predicted molar refractivity (Wildman–Crippen MR) is 131 cm³/mol. The predicted octanol–water partition coefficient (Wildman–Crippen LogP) is 5.15. The molecule has 0 N–H and O–H groups in total. The number of amides is 1. The normalized spacial score (nSPS) is 13.9. The van der Waals surface area contributed by atoms with Crippen molar-refractivity contribution in [1.29, 1.82) is 5.26 Å². The highest BCUT2D eigenvalue weighted by atomic mass is 35.5. The van der Waals surface area contributed by atoms with Gasteiger partial charge in [0.05, 0.1) is 12.1 Å². The lowest BCUT2D eigenvalue weighted by Gasteiger charge is -2.17. The number of nitriles is 1. The topological polar surface area (TPSA) is 81.0 Å². The Hall–Kier alpha value is -4.15. The lowest BCUT2D eigenvalue weighted by molar-refractivity contribution is -0.114. The molecule has 0 saturated heterocycles. The van der Waals surface area contributed by atoms with E-state index in [9.17, 15) is 10.1 Å². The molecule has 0 radical (unpaired) electrons. The number of carbonyl (C=O) groups is 1. The maximum atomic E-state index is 13.1. The van der Waals surface area contributed by atoms with Crippen LogP contribution >= 0.6 is 11.6 Å². The van der Waals surface area contributed by atoms with Crippen molar-refractivity contribution in [1.82, 2.24) is 0 Å². The Morgan fingerprint density at radius 1 is 1.17 bits per heavy atom. The summed E-state index contributed by atoms with van der Waals surface area (Å²) >= 11 is 6.52. The van der Waals surface area contributed by atoms with Gasteiger partial charge in [-0.2, -0.15) is 5.26 Å². The summed E-state index contributed by atoms with van der Waals surface area (Å²) in [7, 11) is 1.50. The molecule has 176 valence electrons. The summed E-state index contributed by atoms with van der Waals surface area (Å²) in [6, 6.07) is 18.6. The summed E-state index contributed by atoms with van der Waals surface area (Å²) in [5.74, 6) is 1.76. The van der Waals surface area contributed by atoms with Gasteiger partial charge in [-0.3, -0.25) is 4.79 Å². The maximum absolute atomic E-state index is 13.1. The second kappa shape index (κ2) is 9.61. The SMILES string of the molecule is COc1cc(C=C(C#N)C(=O)N2CCc3ccccc32)cc(Cl)c1OCc1ccc2c(c1)OCO2. The van der Waals surface area contributed by atoms with Crippen LogP contribution < -0.4 is 23.8 Å². The van der Waals surface area contributed by atoms with Gasteiger partial charge in [0.2, 0.25) is 6.79 Å². The third kappa shape index (κ3) is 4.48. The average Bonchev–Trinajstić information content (AvgIpc) is 3.52. The summed E-state index contributed by atoms with van der Waals surface area (Å²) in [6.07, 6.45) is 2.27. The molecule has 2 aliphatic rings. The zero-order chi connectivity index (χ0) is 24.4. The smallest absolute Gasteiger partial charge is 0.268 e. The van der Waals surface area contributed by atoms with Crippen LogP contribution in [0.2, 0.25) is 5.02 Å². The van der Waals surface area contributed by atoms with Crippen LogP contribution in [0, 0.1) is 11.3 Å². The van der Waals surface area contributed by atoms with Gasteiger partial charge in [0.15, 0.2) is 23.0 Å². The van der Waals surface area contributed by atoms with E-state index in [1.165, 1.54) is 13.2 Å². The molecule has 7 nitrogen and oxygen atoms in total. The maximum Gasteiger partial charge on any atom is 0.268 e. The standard InChI is InChI=1S/C27H21ClN2O5/c1-32-25-13-18(10-20(14-29)27(31)30-9-8-19-4-2-3-5-22(19)30)11-21(28)26(25)33-15-17-6-7-23-24(12-17)35-16-34-23/h2-7,10-13H,8-9,15-16H2,1H3. The molecule has 0 bridgehead atoms. The van der Waals surface area contributed by atoms with Crippen molar-refractivity contribution in [3.05, 3.63) is 81.9 Å². The number of rotatable bonds is 6. The van der Waals surface area contributed by atoms with Crippen molar-refractivity contribution in [2.24, 2.45) is 0 Å². The lowest BCUT2D eigenvalue weighted by Crippen LogP contribution is -2.29. The van der Waals surface area contributed by atoms with E-state index in [4.69, 9.17) is 30.5 Å². The van der Waals surface area contributed by atoms with E-state index in [1.54, 1.807) is 17.0 Å². The Morgan fingerprint density at radius 3 is 2.83 bits per heavy atom. The molecule has 8 heteroatoms. The molecule has 5 rings (SSSR count). The molecule has 2 aliphatic heterocycles. The summed E-state index contributed by atoms with van der Waals surface area (Å²) in [4.78, 5) is 14.7. The zero-order valence-electron chi connectivity index (χ0n) is 18.9. The molecule has 0 aromatic heterocycles. The van der Waals surface area contributed by atoms with Crippen LogP contribution in [-0.2, 0) is 17.8 Å². The summed E-state index contributed by atoms with van der Waals surface area (Å²) in [6.45, 7) is 0.970. The Bertz CT molecular complexity index is 1380. The number of anilines is 1. The van der Waals surface area contributed by atoms with Crippen LogP contribution in [0.5, 0.6) is 23.0 Å². The van der Waals surface area contributed by atoms with Crippen molar-refractivity contribution in [2.45, 2.75) is 13.0 Å². The molecule has 1 amide bonds. The van der Waals surface area contributed by atoms with Gasteiger partial charge in [-0.15, -0.1) is 0 Å². The van der Waals surface area contributed by atoms with Gasteiger partial charge < -0.3 is 23.8 Å². The summed E-state index contributed by atoms with van der Waals surface area (Å²) in [5, 5.41) is 10.0. The fourth-order valence-electron chi connectivity index (χ4n) is 4.15. The Morgan fingerprint density at radius 2 is 2.00 bits per heavy atom. The van der Waals surface area contributed by atoms with Gasteiger partial charge in [-0.1, -0.05) is 35.9 Å². The number of benzene rings is 3. The van der Waals surface area contributed by atoms with E-state index in [1.807, 2.05) is 48.5 Å². The average molecular weight is 489 g/mol. The molecular weight excluding hydrogens is 468 g/mol. The molecule has 2 heterocycles. The fraction of sp³-hybridized carbons (Fsp3) is 0.185. The zero-order valence-corrected chi connectivity index (χ0v) is 19.7. The van der Waals surface area contributed by atoms with Crippen LogP contribution in [0.25, 0.3) is 6.08 Å². The van der Waals surface area contributed by atoms with Crippen molar-refractivity contribution in [3.8, 4) is 29.1 Å². The number of methoxy groups -OCH3 is 1. The number of hydrogen-bond acceptors (Lipinski definition) is 6. The van der Waals surface area contributed by atoms with Gasteiger partial charge in [0, 0.05) is 12.2 Å². The monoisotopic (exact) mass is 488 g/mol. The van der Waals surface area contributed by atoms with E-state index in [-0.39, 0.29) is 24.9 Å². The number of hydrogen-bond donors (Lipinski definition) is 0. The van der Waals surface area contributed by atoms with E-state index >= 15 is 0 Å². The van der Waals surface area contributed by atoms with E-state index in [0.717, 1.165) is 23.2 Å². The minimum Gasteiger partial charge on any atom is -0.493 e.